The minimum absolute atomic E-state index is 0.378. The molecule has 1 aliphatic rings. The Bertz CT molecular complexity index is 185. The third kappa shape index (κ3) is 4.74. The molecule has 0 aliphatic heterocycles. The summed E-state index contributed by atoms with van der Waals surface area (Å²) in [6, 6.07) is 0.614. The minimum atomic E-state index is 0.378. The van der Waals surface area contributed by atoms with E-state index in [9.17, 15) is 0 Å². The molecule has 0 aromatic heterocycles. The summed E-state index contributed by atoms with van der Waals surface area (Å²) in [5.41, 5.74) is 0.435. The SMILES string of the molecule is CN(CCC(C)(C)C)C1CCCCC1Cl. The molecule has 90 valence electrons. The molecule has 0 saturated heterocycles. The third-order valence-electron chi connectivity index (χ3n) is 3.43. The van der Waals surface area contributed by atoms with Crippen LogP contribution < -0.4 is 0 Å². The van der Waals surface area contributed by atoms with Crippen LogP contribution in [0.4, 0.5) is 0 Å². The van der Waals surface area contributed by atoms with Crippen LogP contribution in [0, 0.1) is 5.41 Å². The van der Waals surface area contributed by atoms with E-state index >= 15 is 0 Å². The lowest BCUT2D eigenvalue weighted by molar-refractivity contribution is 0.172. The fraction of sp³-hybridized carbons (Fsp3) is 1.00. The summed E-state index contributed by atoms with van der Waals surface area (Å²) in [4.78, 5) is 2.47. The quantitative estimate of drug-likeness (QED) is 0.666. The molecular weight excluding hydrogens is 206 g/mol. The van der Waals surface area contributed by atoms with Gasteiger partial charge in [-0.3, -0.25) is 0 Å². The van der Waals surface area contributed by atoms with Crippen LogP contribution in [0.1, 0.15) is 52.9 Å². The lowest BCUT2D eigenvalue weighted by Crippen LogP contribution is -2.42. The van der Waals surface area contributed by atoms with Gasteiger partial charge in [0.2, 0.25) is 0 Å². The Morgan fingerprint density at radius 2 is 1.80 bits per heavy atom. The molecular formula is C13H26ClN. The van der Waals surface area contributed by atoms with Gasteiger partial charge in [0.1, 0.15) is 0 Å². The van der Waals surface area contributed by atoms with Crippen molar-refractivity contribution < 1.29 is 0 Å². The number of rotatable bonds is 3. The maximum atomic E-state index is 6.39. The minimum Gasteiger partial charge on any atom is -0.302 e. The molecule has 1 fully saturated rings. The van der Waals surface area contributed by atoms with E-state index in [0.29, 0.717) is 16.8 Å². The summed E-state index contributed by atoms with van der Waals surface area (Å²) < 4.78 is 0. The van der Waals surface area contributed by atoms with Crippen molar-refractivity contribution in [3.63, 3.8) is 0 Å². The molecule has 15 heavy (non-hydrogen) atoms. The molecule has 0 radical (unpaired) electrons. The predicted octanol–water partition coefficient (Wildman–Crippen LogP) is 3.90. The first-order valence-corrected chi connectivity index (χ1v) is 6.68. The second-order valence-corrected chi connectivity index (χ2v) is 6.72. The second kappa shape index (κ2) is 5.54. The Kier molecular flexibility index (Phi) is 4.92. The first-order valence-electron chi connectivity index (χ1n) is 6.24. The first kappa shape index (κ1) is 13.3. The van der Waals surface area contributed by atoms with Gasteiger partial charge < -0.3 is 4.90 Å². The molecule has 1 aliphatic carbocycles. The monoisotopic (exact) mass is 231 g/mol. The standard InChI is InChI=1S/C13H26ClN/c1-13(2,3)9-10-15(4)12-8-6-5-7-11(12)14/h11-12H,5-10H2,1-4H3. The van der Waals surface area contributed by atoms with Gasteiger partial charge in [0.25, 0.3) is 0 Å². The number of nitrogens with zero attached hydrogens (tertiary/aromatic N) is 1. The maximum absolute atomic E-state index is 6.39. The molecule has 0 spiro atoms. The number of halogens is 1. The van der Waals surface area contributed by atoms with Crippen LogP contribution in [0.5, 0.6) is 0 Å². The van der Waals surface area contributed by atoms with Gasteiger partial charge in [0.15, 0.2) is 0 Å². The van der Waals surface area contributed by atoms with Gasteiger partial charge in [-0.25, -0.2) is 0 Å². The van der Waals surface area contributed by atoms with Crippen molar-refractivity contribution in [2.75, 3.05) is 13.6 Å². The van der Waals surface area contributed by atoms with E-state index in [2.05, 4.69) is 32.7 Å². The zero-order valence-corrected chi connectivity index (χ0v) is 11.5. The van der Waals surface area contributed by atoms with Gasteiger partial charge in [0.05, 0.1) is 0 Å². The van der Waals surface area contributed by atoms with Crippen molar-refractivity contribution in [3.05, 3.63) is 0 Å². The molecule has 1 rings (SSSR count). The molecule has 1 nitrogen and oxygen atoms in total. The summed E-state index contributed by atoms with van der Waals surface area (Å²) in [6.45, 7) is 8.09. The number of alkyl halides is 1. The Hall–Kier alpha value is 0.250. The Labute approximate surface area is 100 Å². The molecule has 2 atom stereocenters. The van der Waals surface area contributed by atoms with Gasteiger partial charge >= 0.3 is 0 Å². The maximum Gasteiger partial charge on any atom is 0.0491 e. The lowest BCUT2D eigenvalue weighted by atomic mass is 9.90. The summed E-state index contributed by atoms with van der Waals surface area (Å²) >= 11 is 6.39. The average molecular weight is 232 g/mol. The summed E-state index contributed by atoms with van der Waals surface area (Å²) in [5, 5.41) is 0.378. The number of hydrogen-bond donors (Lipinski definition) is 0. The van der Waals surface area contributed by atoms with Crippen molar-refractivity contribution in [2.45, 2.75) is 64.3 Å². The highest BCUT2D eigenvalue weighted by Gasteiger charge is 2.26. The zero-order valence-electron chi connectivity index (χ0n) is 10.7. The highest BCUT2D eigenvalue weighted by Crippen LogP contribution is 2.28. The predicted molar refractivity (Wildman–Crippen MR) is 68.6 cm³/mol. The van der Waals surface area contributed by atoms with E-state index in [1.807, 2.05) is 0 Å². The molecule has 0 aromatic carbocycles. The molecule has 0 bridgehead atoms. The lowest BCUT2D eigenvalue weighted by Gasteiger charge is -2.36. The van der Waals surface area contributed by atoms with E-state index in [1.165, 1.54) is 38.6 Å². The van der Waals surface area contributed by atoms with E-state index in [4.69, 9.17) is 11.6 Å². The zero-order chi connectivity index (χ0) is 11.5. The van der Waals surface area contributed by atoms with E-state index < -0.39 is 0 Å². The molecule has 0 N–H and O–H groups in total. The fourth-order valence-corrected chi connectivity index (χ4v) is 2.71. The smallest absolute Gasteiger partial charge is 0.0491 e. The largest absolute Gasteiger partial charge is 0.302 e. The summed E-state index contributed by atoms with van der Waals surface area (Å²) in [5.74, 6) is 0. The van der Waals surface area contributed by atoms with Crippen LogP contribution >= 0.6 is 11.6 Å². The van der Waals surface area contributed by atoms with Gasteiger partial charge in [-0.15, -0.1) is 11.6 Å². The van der Waals surface area contributed by atoms with E-state index in [1.54, 1.807) is 0 Å². The van der Waals surface area contributed by atoms with E-state index in [-0.39, 0.29) is 0 Å². The van der Waals surface area contributed by atoms with Crippen LogP contribution in [-0.2, 0) is 0 Å². The molecule has 2 heteroatoms. The normalized spacial score (nSPS) is 28.4. The highest BCUT2D eigenvalue weighted by molar-refractivity contribution is 6.21. The van der Waals surface area contributed by atoms with Crippen LogP contribution in [0.15, 0.2) is 0 Å². The van der Waals surface area contributed by atoms with Crippen molar-refractivity contribution in [1.82, 2.24) is 4.90 Å². The summed E-state index contributed by atoms with van der Waals surface area (Å²) in [6.07, 6.45) is 6.41. The molecule has 0 aromatic rings. The van der Waals surface area contributed by atoms with Crippen LogP contribution in [0.25, 0.3) is 0 Å². The van der Waals surface area contributed by atoms with Gasteiger partial charge in [-0.2, -0.15) is 0 Å². The molecule has 0 heterocycles. The Balaban J connectivity index is 2.35. The topological polar surface area (TPSA) is 3.24 Å². The highest BCUT2D eigenvalue weighted by atomic mass is 35.5. The summed E-state index contributed by atoms with van der Waals surface area (Å²) in [7, 11) is 2.23. The number of hydrogen-bond acceptors (Lipinski definition) is 1. The van der Waals surface area contributed by atoms with Gasteiger partial charge in [-0.05, 0) is 38.3 Å². The van der Waals surface area contributed by atoms with Crippen molar-refractivity contribution >= 4 is 11.6 Å². The van der Waals surface area contributed by atoms with Gasteiger partial charge in [-0.1, -0.05) is 33.6 Å². The van der Waals surface area contributed by atoms with Gasteiger partial charge in [0, 0.05) is 11.4 Å². The second-order valence-electron chi connectivity index (χ2n) is 6.16. The Morgan fingerprint density at radius 3 is 2.33 bits per heavy atom. The van der Waals surface area contributed by atoms with Crippen LogP contribution in [0.3, 0.4) is 0 Å². The fourth-order valence-electron chi connectivity index (χ4n) is 2.24. The Morgan fingerprint density at radius 1 is 1.20 bits per heavy atom. The third-order valence-corrected chi connectivity index (χ3v) is 3.94. The molecule has 1 saturated carbocycles. The van der Waals surface area contributed by atoms with Crippen LogP contribution in [0.2, 0.25) is 0 Å². The average Bonchev–Trinajstić information content (AvgIpc) is 2.14. The molecule has 0 amide bonds. The van der Waals surface area contributed by atoms with Crippen molar-refractivity contribution in [2.24, 2.45) is 5.41 Å². The molecule has 2 unspecified atom stereocenters. The van der Waals surface area contributed by atoms with Crippen molar-refractivity contribution in [3.8, 4) is 0 Å². The first-order chi connectivity index (χ1) is 6.90. The van der Waals surface area contributed by atoms with Crippen molar-refractivity contribution in [1.29, 1.82) is 0 Å². The van der Waals surface area contributed by atoms with Crippen LogP contribution in [-0.4, -0.2) is 29.9 Å². The van der Waals surface area contributed by atoms with E-state index in [0.717, 1.165) is 0 Å².